The number of hydrogen-bond acceptors (Lipinski definition) is 3. The molecule has 17 heavy (non-hydrogen) atoms. The fourth-order valence-corrected chi connectivity index (χ4v) is 2.29. The molecule has 0 amide bonds. The van der Waals surface area contributed by atoms with Crippen LogP contribution < -0.4 is 5.73 Å². The van der Waals surface area contributed by atoms with Gasteiger partial charge in [0.2, 0.25) is 5.95 Å². The zero-order chi connectivity index (χ0) is 12.6. The van der Waals surface area contributed by atoms with Crippen LogP contribution in [0.5, 0.6) is 0 Å². The van der Waals surface area contributed by atoms with Gasteiger partial charge in [-0.05, 0) is 28.3 Å². The average Bonchev–Trinajstić information content (AvgIpc) is 2.56. The van der Waals surface area contributed by atoms with Gasteiger partial charge in [0, 0.05) is 17.9 Å². The van der Waals surface area contributed by atoms with E-state index in [0.717, 1.165) is 12.1 Å². The van der Waals surface area contributed by atoms with Gasteiger partial charge in [-0.15, -0.1) is 0 Å². The van der Waals surface area contributed by atoms with E-state index in [9.17, 15) is 4.39 Å². The third kappa shape index (κ3) is 2.42. The molecule has 92 valence electrons. The maximum absolute atomic E-state index is 13.4. The monoisotopic (exact) mass is 317 g/mol. The Morgan fingerprint density at radius 1 is 1.59 bits per heavy atom. The summed E-state index contributed by atoms with van der Waals surface area (Å²) in [5, 5.41) is 0.429. The largest absolute Gasteiger partial charge is 0.369 e. The molecular weight excluding hydrogens is 305 g/mol. The molecule has 1 aromatic heterocycles. The minimum Gasteiger partial charge on any atom is -0.369 e. The van der Waals surface area contributed by atoms with Gasteiger partial charge >= 0.3 is 0 Å². The van der Waals surface area contributed by atoms with Crippen molar-refractivity contribution in [2.45, 2.75) is 18.7 Å². The fraction of sp³-hybridized carbons (Fsp3) is 0.364. The summed E-state index contributed by atoms with van der Waals surface area (Å²) in [6.45, 7) is 2.89. The molecule has 0 saturated heterocycles. The van der Waals surface area contributed by atoms with Crippen molar-refractivity contribution in [2.75, 3.05) is 12.0 Å². The predicted molar refractivity (Wildman–Crippen MR) is 74.8 cm³/mol. The summed E-state index contributed by atoms with van der Waals surface area (Å²) < 4.78 is 15.7. The number of aromatic nitrogens is 2. The molecule has 1 atom stereocenters. The zero-order valence-electron chi connectivity index (χ0n) is 9.58. The second-order valence-corrected chi connectivity index (χ2v) is 6.01. The van der Waals surface area contributed by atoms with Gasteiger partial charge < -0.3 is 10.3 Å². The summed E-state index contributed by atoms with van der Waals surface area (Å²) in [6.07, 6.45) is 2.05. The first-order valence-electron chi connectivity index (χ1n) is 5.16. The number of nitrogen functional groups attached to an aromatic ring is 1. The normalized spacial score (nSPS) is 13.2. The number of rotatable bonds is 3. The number of thioether (sulfide) groups is 1. The number of nitrogens with zero attached hydrogens (tertiary/aromatic N) is 2. The molecule has 0 fully saturated rings. The summed E-state index contributed by atoms with van der Waals surface area (Å²) in [5.41, 5.74) is 7.31. The molecule has 3 nitrogen and oxygen atoms in total. The lowest BCUT2D eigenvalue weighted by molar-refractivity contribution is 0.622. The first-order chi connectivity index (χ1) is 8.02. The highest BCUT2D eigenvalue weighted by atomic mass is 79.9. The Labute approximate surface area is 112 Å². The molecule has 2 aromatic rings. The molecular formula is C11H13BrFN3S. The molecule has 0 bridgehead atoms. The van der Waals surface area contributed by atoms with Crippen molar-refractivity contribution in [2.24, 2.45) is 0 Å². The molecule has 0 aliphatic carbocycles. The second-order valence-electron chi connectivity index (χ2n) is 3.88. The third-order valence-electron chi connectivity index (χ3n) is 2.66. The van der Waals surface area contributed by atoms with Crippen molar-refractivity contribution in [1.29, 1.82) is 0 Å². The number of hydrogen-bond donors (Lipinski definition) is 1. The van der Waals surface area contributed by atoms with E-state index < -0.39 is 0 Å². The van der Waals surface area contributed by atoms with Crippen molar-refractivity contribution < 1.29 is 4.39 Å². The lowest BCUT2D eigenvalue weighted by atomic mass is 10.3. The van der Waals surface area contributed by atoms with Gasteiger partial charge in [0.25, 0.3) is 0 Å². The lowest BCUT2D eigenvalue weighted by Crippen LogP contribution is -2.11. The van der Waals surface area contributed by atoms with Crippen molar-refractivity contribution in [3.8, 4) is 0 Å². The van der Waals surface area contributed by atoms with Crippen LogP contribution in [-0.2, 0) is 6.54 Å². The molecule has 2 rings (SSSR count). The Kier molecular flexibility index (Phi) is 3.63. The minimum atomic E-state index is -0.319. The van der Waals surface area contributed by atoms with Crippen molar-refractivity contribution >= 4 is 44.7 Å². The van der Waals surface area contributed by atoms with Gasteiger partial charge in [0.05, 0.1) is 15.5 Å². The van der Waals surface area contributed by atoms with Crippen LogP contribution >= 0.6 is 27.7 Å². The van der Waals surface area contributed by atoms with Crippen LogP contribution in [0, 0.1) is 5.82 Å². The summed E-state index contributed by atoms with van der Waals surface area (Å²) in [6, 6.07) is 3.12. The smallest absolute Gasteiger partial charge is 0.201 e. The van der Waals surface area contributed by atoms with Crippen molar-refractivity contribution in [1.82, 2.24) is 9.55 Å². The second kappa shape index (κ2) is 4.86. The first-order valence-corrected chi connectivity index (χ1v) is 7.24. The van der Waals surface area contributed by atoms with E-state index in [-0.39, 0.29) is 5.82 Å². The maximum atomic E-state index is 13.4. The Bertz CT molecular complexity index is 555. The zero-order valence-corrected chi connectivity index (χ0v) is 12.0. The molecule has 0 saturated carbocycles. The number of anilines is 1. The molecule has 6 heteroatoms. The van der Waals surface area contributed by atoms with Crippen LogP contribution in [0.15, 0.2) is 16.6 Å². The number of fused-ring (bicyclic) bond motifs is 1. The third-order valence-corrected chi connectivity index (χ3v) is 4.22. The Morgan fingerprint density at radius 3 is 2.94 bits per heavy atom. The highest BCUT2D eigenvalue weighted by Crippen LogP contribution is 2.26. The van der Waals surface area contributed by atoms with Crippen LogP contribution in [-0.4, -0.2) is 21.1 Å². The molecule has 0 radical (unpaired) electrons. The Morgan fingerprint density at radius 2 is 2.29 bits per heavy atom. The number of benzene rings is 1. The van der Waals surface area contributed by atoms with Gasteiger partial charge in [0.1, 0.15) is 5.82 Å². The standard InChI is InChI=1S/C11H13BrFN3S/c1-6(17-2)5-16-10-3-7(12)8(13)4-9(10)15-11(16)14/h3-4,6H,5H2,1-2H3,(H2,14,15). The van der Waals surface area contributed by atoms with Gasteiger partial charge in [-0.3, -0.25) is 0 Å². The maximum Gasteiger partial charge on any atom is 0.201 e. The van der Waals surface area contributed by atoms with Crippen LogP contribution in [0.4, 0.5) is 10.3 Å². The van der Waals surface area contributed by atoms with Crippen molar-refractivity contribution in [3.05, 3.63) is 22.4 Å². The van der Waals surface area contributed by atoms with Gasteiger partial charge in [-0.2, -0.15) is 11.8 Å². The molecule has 1 heterocycles. The Balaban J connectivity index is 2.54. The predicted octanol–water partition coefficient (Wildman–Crippen LogP) is 3.27. The van der Waals surface area contributed by atoms with Crippen molar-refractivity contribution in [3.63, 3.8) is 0 Å². The number of nitrogens with two attached hydrogens (primary N) is 1. The van der Waals surface area contributed by atoms with Crippen LogP contribution in [0.25, 0.3) is 11.0 Å². The first kappa shape index (κ1) is 12.7. The van der Waals surface area contributed by atoms with E-state index in [1.807, 2.05) is 4.57 Å². The molecule has 2 N–H and O–H groups in total. The van der Waals surface area contributed by atoms with E-state index in [1.54, 1.807) is 17.8 Å². The van der Waals surface area contributed by atoms with Crippen LogP contribution in [0.2, 0.25) is 0 Å². The molecule has 0 aliphatic rings. The summed E-state index contributed by atoms with van der Waals surface area (Å²) in [5.74, 6) is 0.110. The number of imidazole rings is 1. The van der Waals surface area contributed by atoms with E-state index >= 15 is 0 Å². The summed E-state index contributed by atoms with van der Waals surface area (Å²) in [7, 11) is 0. The molecule has 0 aliphatic heterocycles. The van der Waals surface area contributed by atoms with E-state index in [0.29, 0.717) is 21.2 Å². The van der Waals surface area contributed by atoms with Gasteiger partial charge in [0.15, 0.2) is 0 Å². The van der Waals surface area contributed by atoms with Crippen LogP contribution in [0.3, 0.4) is 0 Å². The average molecular weight is 318 g/mol. The molecule has 1 unspecified atom stereocenters. The fourth-order valence-electron chi connectivity index (χ4n) is 1.66. The van der Waals surface area contributed by atoms with Gasteiger partial charge in [-0.25, -0.2) is 9.37 Å². The Hall–Kier alpha value is -0.750. The minimum absolute atomic E-state index is 0.319. The quantitative estimate of drug-likeness (QED) is 0.944. The highest BCUT2D eigenvalue weighted by molar-refractivity contribution is 9.10. The SMILES string of the molecule is CSC(C)Cn1c(N)nc2cc(F)c(Br)cc21. The lowest BCUT2D eigenvalue weighted by Gasteiger charge is -2.11. The molecule has 1 aromatic carbocycles. The van der Waals surface area contributed by atoms with Crippen LogP contribution in [0.1, 0.15) is 6.92 Å². The van der Waals surface area contributed by atoms with E-state index in [1.165, 1.54) is 6.07 Å². The van der Waals surface area contributed by atoms with E-state index in [4.69, 9.17) is 5.73 Å². The number of halogens is 2. The van der Waals surface area contributed by atoms with Gasteiger partial charge in [-0.1, -0.05) is 6.92 Å². The topological polar surface area (TPSA) is 43.8 Å². The molecule has 0 spiro atoms. The highest BCUT2D eigenvalue weighted by Gasteiger charge is 2.13. The summed E-state index contributed by atoms with van der Waals surface area (Å²) in [4.78, 5) is 4.17. The van der Waals surface area contributed by atoms with E-state index in [2.05, 4.69) is 34.1 Å². The summed E-state index contributed by atoms with van der Waals surface area (Å²) >= 11 is 4.94.